The molecule has 0 saturated carbocycles. The van der Waals surface area contributed by atoms with Crippen LogP contribution in [0.1, 0.15) is 23.6 Å². The fourth-order valence-corrected chi connectivity index (χ4v) is 2.54. The molecule has 2 aromatic rings. The minimum Gasteiger partial charge on any atom is -0.300 e. The topological polar surface area (TPSA) is 23.9 Å². The van der Waals surface area contributed by atoms with Crippen LogP contribution >= 0.6 is 11.8 Å². The summed E-state index contributed by atoms with van der Waals surface area (Å²) in [5.74, 6) is 2.08. The van der Waals surface area contributed by atoms with Gasteiger partial charge in [0.05, 0.1) is 5.71 Å². The van der Waals surface area contributed by atoms with E-state index in [0.717, 1.165) is 22.6 Å². The van der Waals surface area contributed by atoms with E-state index in [1.165, 1.54) is 5.56 Å². The smallest absolute Gasteiger partial charge is 0.0687 e. The zero-order valence-corrected chi connectivity index (χ0v) is 11.3. The van der Waals surface area contributed by atoms with Crippen molar-refractivity contribution in [2.45, 2.75) is 12.7 Å². The van der Waals surface area contributed by atoms with E-state index in [9.17, 15) is 0 Å². The standard InChI is InChI=1S/C16H17NS/c1-2-18-12-14-10-6-7-11-15(14)16(17)13-8-4-3-5-9-13/h3-11,17H,2,12H2,1H3. The number of hydrogen-bond acceptors (Lipinski definition) is 2. The van der Waals surface area contributed by atoms with E-state index in [2.05, 4.69) is 13.0 Å². The number of benzene rings is 2. The van der Waals surface area contributed by atoms with Crippen LogP contribution in [0.4, 0.5) is 0 Å². The van der Waals surface area contributed by atoms with Gasteiger partial charge in [-0.15, -0.1) is 0 Å². The first kappa shape index (κ1) is 12.9. The van der Waals surface area contributed by atoms with Gasteiger partial charge in [-0.3, -0.25) is 5.41 Å². The predicted octanol–water partition coefficient (Wildman–Crippen LogP) is 4.36. The zero-order chi connectivity index (χ0) is 12.8. The molecular formula is C16H17NS. The van der Waals surface area contributed by atoms with Gasteiger partial charge in [-0.25, -0.2) is 0 Å². The van der Waals surface area contributed by atoms with Crippen molar-refractivity contribution in [2.75, 3.05) is 5.75 Å². The lowest BCUT2D eigenvalue weighted by atomic mass is 9.98. The first-order chi connectivity index (χ1) is 8.83. The molecule has 0 spiro atoms. The average Bonchev–Trinajstić information content (AvgIpc) is 2.45. The van der Waals surface area contributed by atoms with Crippen molar-refractivity contribution in [3.05, 3.63) is 71.3 Å². The SMILES string of the molecule is CCSCc1ccccc1C(=N)c1ccccc1. The Labute approximate surface area is 113 Å². The Morgan fingerprint density at radius 3 is 2.39 bits per heavy atom. The Hall–Kier alpha value is -1.54. The van der Waals surface area contributed by atoms with Crippen LogP contribution in [-0.2, 0) is 5.75 Å². The molecule has 0 aliphatic rings. The van der Waals surface area contributed by atoms with E-state index in [-0.39, 0.29) is 0 Å². The normalized spacial score (nSPS) is 10.3. The van der Waals surface area contributed by atoms with Crippen molar-refractivity contribution in [2.24, 2.45) is 0 Å². The predicted molar refractivity (Wildman–Crippen MR) is 80.7 cm³/mol. The molecule has 0 fully saturated rings. The second-order valence-electron chi connectivity index (χ2n) is 4.04. The summed E-state index contributed by atoms with van der Waals surface area (Å²) in [4.78, 5) is 0. The molecule has 2 rings (SSSR count). The van der Waals surface area contributed by atoms with Crippen LogP contribution in [0.2, 0.25) is 0 Å². The zero-order valence-electron chi connectivity index (χ0n) is 10.5. The number of nitrogens with one attached hydrogen (secondary N) is 1. The number of thioether (sulfide) groups is 1. The van der Waals surface area contributed by atoms with Gasteiger partial charge in [0.1, 0.15) is 0 Å². The van der Waals surface area contributed by atoms with Crippen molar-refractivity contribution >= 4 is 17.5 Å². The molecule has 0 unspecified atom stereocenters. The van der Waals surface area contributed by atoms with Crippen molar-refractivity contribution in [3.63, 3.8) is 0 Å². The lowest BCUT2D eigenvalue weighted by Crippen LogP contribution is -2.04. The van der Waals surface area contributed by atoms with E-state index in [1.807, 2.05) is 60.3 Å². The molecule has 0 heterocycles. The molecule has 2 heteroatoms. The third-order valence-corrected chi connectivity index (χ3v) is 3.73. The van der Waals surface area contributed by atoms with Gasteiger partial charge < -0.3 is 0 Å². The Morgan fingerprint density at radius 2 is 1.67 bits per heavy atom. The molecule has 0 amide bonds. The molecule has 0 atom stereocenters. The summed E-state index contributed by atoms with van der Waals surface area (Å²) in [6, 6.07) is 18.1. The Morgan fingerprint density at radius 1 is 1.00 bits per heavy atom. The lowest BCUT2D eigenvalue weighted by Gasteiger charge is -2.10. The van der Waals surface area contributed by atoms with Crippen molar-refractivity contribution in [1.29, 1.82) is 5.41 Å². The number of hydrogen-bond donors (Lipinski definition) is 1. The van der Waals surface area contributed by atoms with Crippen LogP contribution in [0.15, 0.2) is 54.6 Å². The van der Waals surface area contributed by atoms with Crippen LogP contribution in [-0.4, -0.2) is 11.5 Å². The summed E-state index contributed by atoms with van der Waals surface area (Å²) in [5.41, 5.74) is 3.89. The van der Waals surface area contributed by atoms with Crippen LogP contribution in [0.3, 0.4) is 0 Å². The number of rotatable bonds is 5. The summed E-state index contributed by atoms with van der Waals surface area (Å²) >= 11 is 1.89. The molecule has 0 aromatic heterocycles. The molecular weight excluding hydrogens is 238 g/mol. The fraction of sp³-hybridized carbons (Fsp3) is 0.188. The van der Waals surface area contributed by atoms with Crippen LogP contribution in [0, 0.1) is 5.41 Å². The molecule has 0 radical (unpaired) electrons. The second-order valence-corrected chi connectivity index (χ2v) is 5.31. The maximum atomic E-state index is 8.34. The van der Waals surface area contributed by atoms with Gasteiger partial charge in [-0.1, -0.05) is 61.5 Å². The molecule has 2 aromatic carbocycles. The van der Waals surface area contributed by atoms with Crippen molar-refractivity contribution in [1.82, 2.24) is 0 Å². The van der Waals surface area contributed by atoms with Gasteiger partial charge in [0.15, 0.2) is 0 Å². The molecule has 92 valence electrons. The van der Waals surface area contributed by atoms with E-state index in [0.29, 0.717) is 5.71 Å². The van der Waals surface area contributed by atoms with E-state index < -0.39 is 0 Å². The van der Waals surface area contributed by atoms with E-state index >= 15 is 0 Å². The van der Waals surface area contributed by atoms with Crippen LogP contribution in [0.5, 0.6) is 0 Å². The highest BCUT2D eigenvalue weighted by Crippen LogP contribution is 2.19. The molecule has 0 bridgehead atoms. The molecule has 0 aliphatic carbocycles. The highest BCUT2D eigenvalue weighted by atomic mass is 32.2. The Balaban J connectivity index is 2.30. The summed E-state index contributed by atoms with van der Waals surface area (Å²) in [5, 5.41) is 8.34. The van der Waals surface area contributed by atoms with Crippen molar-refractivity contribution < 1.29 is 0 Å². The lowest BCUT2D eigenvalue weighted by molar-refractivity contribution is 1.35. The van der Waals surface area contributed by atoms with Gasteiger partial charge >= 0.3 is 0 Å². The molecule has 18 heavy (non-hydrogen) atoms. The quantitative estimate of drug-likeness (QED) is 0.789. The maximum Gasteiger partial charge on any atom is 0.0687 e. The van der Waals surface area contributed by atoms with Gasteiger partial charge in [0.2, 0.25) is 0 Å². The van der Waals surface area contributed by atoms with E-state index in [4.69, 9.17) is 5.41 Å². The Bertz CT molecular complexity index is 520. The minimum absolute atomic E-state index is 0.614. The third kappa shape index (κ3) is 3.02. The first-order valence-corrected chi connectivity index (χ1v) is 7.28. The molecule has 1 N–H and O–H groups in total. The van der Waals surface area contributed by atoms with Gasteiger partial charge in [0.25, 0.3) is 0 Å². The van der Waals surface area contributed by atoms with Gasteiger partial charge in [-0.2, -0.15) is 11.8 Å². The Kier molecular flexibility index (Phi) is 4.59. The second kappa shape index (κ2) is 6.41. The largest absolute Gasteiger partial charge is 0.300 e. The monoisotopic (exact) mass is 255 g/mol. The molecule has 0 aliphatic heterocycles. The highest BCUT2D eigenvalue weighted by molar-refractivity contribution is 7.98. The summed E-state index contributed by atoms with van der Waals surface area (Å²) in [6.07, 6.45) is 0. The van der Waals surface area contributed by atoms with Gasteiger partial charge in [0, 0.05) is 16.9 Å². The van der Waals surface area contributed by atoms with Crippen LogP contribution in [0.25, 0.3) is 0 Å². The minimum atomic E-state index is 0.614. The summed E-state index contributed by atoms with van der Waals surface area (Å²) in [7, 11) is 0. The summed E-state index contributed by atoms with van der Waals surface area (Å²) in [6.45, 7) is 2.16. The maximum absolute atomic E-state index is 8.34. The fourth-order valence-electron chi connectivity index (χ4n) is 1.86. The van der Waals surface area contributed by atoms with Gasteiger partial charge in [-0.05, 0) is 11.3 Å². The average molecular weight is 255 g/mol. The third-order valence-electron chi connectivity index (χ3n) is 2.81. The summed E-state index contributed by atoms with van der Waals surface area (Å²) < 4.78 is 0. The first-order valence-electron chi connectivity index (χ1n) is 6.13. The highest BCUT2D eigenvalue weighted by Gasteiger charge is 2.08. The van der Waals surface area contributed by atoms with E-state index in [1.54, 1.807) is 0 Å². The molecule has 1 nitrogen and oxygen atoms in total. The molecule has 0 saturated heterocycles. The van der Waals surface area contributed by atoms with Crippen molar-refractivity contribution in [3.8, 4) is 0 Å². The van der Waals surface area contributed by atoms with Crippen LogP contribution < -0.4 is 0 Å².